The molecule has 0 saturated heterocycles. The molecule has 6 heteroatoms. The first-order chi connectivity index (χ1) is 11.2. The van der Waals surface area contributed by atoms with Gasteiger partial charge >= 0.3 is 0 Å². The number of nitrogens with one attached hydrogen (secondary N) is 1. The zero-order chi connectivity index (χ0) is 16.2. The lowest BCUT2D eigenvalue weighted by molar-refractivity contribution is 0.356. The van der Waals surface area contributed by atoms with E-state index in [4.69, 9.17) is 15.2 Å². The summed E-state index contributed by atoms with van der Waals surface area (Å²) in [7, 11) is 3.21. The Kier molecular flexibility index (Phi) is 4.14. The van der Waals surface area contributed by atoms with Crippen LogP contribution in [0.25, 0.3) is 10.9 Å². The Hall–Kier alpha value is -3.02. The normalized spacial score (nSPS) is 10.5. The van der Waals surface area contributed by atoms with Gasteiger partial charge in [0.1, 0.15) is 12.1 Å². The van der Waals surface area contributed by atoms with E-state index in [0.29, 0.717) is 18.0 Å². The molecule has 0 radical (unpaired) electrons. The van der Waals surface area contributed by atoms with Crippen LogP contribution >= 0.6 is 0 Å². The summed E-state index contributed by atoms with van der Waals surface area (Å²) in [5, 5.41) is 4.19. The van der Waals surface area contributed by atoms with E-state index in [9.17, 15) is 0 Å². The summed E-state index contributed by atoms with van der Waals surface area (Å²) in [6.45, 7) is 0.617. The van der Waals surface area contributed by atoms with Crippen molar-refractivity contribution in [2.45, 2.75) is 6.54 Å². The minimum atomic E-state index is 0.617. The monoisotopic (exact) mass is 310 g/mol. The van der Waals surface area contributed by atoms with E-state index in [0.717, 1.165) is 28.0 Å². The van der Waals surface area contributed by atoms with Crippen molar-refractivity contribution in [2.75, 3.05) is 25.3 Å². The molecule has 0 unspecified atom stereocenters. The number of hydrogen-bond acceptors (Lipinski definition) is 6. The van der Waals surface area contributed by atoms with Crippen LogP contribution in [0.2, 0.25) is 0 Å². The van der Waals surface area contributed by atoms with Gasteiger partial charge in [0.15, 0.2) is 11.5 Å². The van der Waals surface area contributed by atoms with E-state index in [1.54, 1.807) is 14.2 Å². The molecule has 23 heavy (non-hydrogen) atoms. The molecule has 0 aliphatic carbocycles. The number of nitrogens with zero attached hydrogens (tertiary/aromatic N) is 2. The fourth-order valence-corrected chi connectivity index (χ4v) is 2.41. The summed E-state index contributed by atoms with van der Waals surface area (Å²) in [4.78, 5) is 8.61. The maximum atomic E-state index is 5.80. The molecule has 3 rings (SSSR count). The third kappa shape index (κ3) is 3.11. The molecule has 0 aliphatic heterocycles. The average molecular weight is 310 g/mol. The SMILES string of the molecule is COc1cc2ncnc(NCc3cccc(N)c3)c2cc1OC. The summed E-state index contributed by atoms with van der Waals surface area (Å²) in [5.74, 6) is 2.01. The number of methoxy groups -OCH3 is 2. The standard InChI is InChI=1S/C17H18N4O2/c1-22-15-7-13-14(8-16(15)23-2)20-10-21-17(13)19-9-11-4-3-5-12(18)6-11/h3-8,10H,9,18H2,1-2H3,(H,19,20,21). The summed E-state index contributed by atoms with van der Waals surface area (Å²) in [6.07, 6.45) is 1.52. The van der Waals surface area contributed by atoms with Crippen LogP contribution in [0, 0.1) is 0 Å². The van der Waals surface area contributed by atoms with E-state index >= 15 is 0 Å². The van der Waals surface area contributed by atoms with Gasteiger partial charge in [-0.1, -0.05) is 12.1 Å². The maximum Gasteiger partial charge on any atom is 0.162 e. The van der Waals surface area contributed by atoms with Gasteiger partial charge in [-0.05, 0) is 23.8 Å². The molecule has 3 N–H and O–H groups in total. The fourth-order valence-electron chi connectivity index (χ4n) is 2.41. The highest BCUT2D eigenvalue weighted by Crippen LogP contribution is 2.33. The van der Waals surface area contributed by atoms with Crippen molar-refractivity contribution < 1.29 is 9.47 Å². The smallest absolute Gasteiger partial charge is 0.162 e. The first-order valence-corrected chi connectivity index (χ1v) is 7.16. The highest BCUT2D eigenvalue weighted by molar-refractivity contribution is 5.91. The van der Waals surface area contributed by atoms with Crippen molar-refractivity contribution in [2.24, 2.45) is 0 Å². The number of hydrogen-bond donors (Lipinski definition) is 2. The van der Waals surface area contributed by atoms with Crippen molar-refractivity contribution in [3.05, 3.63) is 48.3 Å². The quantitative estimate of drug-likeness (QED) is 0.705. The number of nitrogen functional groups attached to an aromatic ring is 1. The van der Waals surface area contributed by atoms with Crippen LogP contribution in [0.1, 0.15) is 5.56 Å². The second-order valence-corrected chi connectivity index (χ2v) is 5.05. The number of nitrogens with two attached hydrogens (primary N) is 1. The predicted molar refractivity (Wildman–Crippen MR) is 90.8 cm³/mol. The Balaban J connectivity index is 1.94. The first kappa shape index (κ1) is 14.9. The molecule has 0 amide bonds. The van der Waals surface area contributed by atoms with Crippen LogP contribution < -0.4 is 20.5 Å². The first-order valence-electron chi connectivity index (χ1n) is 7.16. The lowest BCUT2D eigenvalue weighted by Crippen LogP contribution is -2.03. The van der Waals surface area contributed by atoms with Gasteiger partial charge in [-0.3, -0.25) is 0 Å². The van der Waals surface area contributed by atoms with E-state index in [1.165, 1.54) is 6.33 Å². The maximum absolute atomic E-state index is 5.80. The zero-order valence-electron chi connectivity index (χ0n) is 13.0. The van der Waals surface area contributed by atoms with Crippen LogP contribution in [0.3, 0.4) is 0 Å². The summed E-state index contributed by atoms with van der Waals surface area (Å²) < 4.78 is 10.7. The van der Waals surface area contributed by atoms with Crippen LogP contribution in [-0.2, 0) is 6.54 Å². The Morgan fingerprint density at radius 2 is 1.83 bits per heavy atom. The van der Waals surface area contributed by atoms with Gasteiger partial charge in [-0.2, -0.15) is 0 Å². The molecule has 1 aromatic heterocycles. The average Bonchev–Trinajstić information content (AvgIpc) is 2.58. The molecule has 118 valence electrons. The van der Waals surface area contributed by atoms with E-state index < -0.39 is 0 Å². The highest BCUT2D eigenvalue weighted by atomic mass is 16.5. The minimum Gasteiger partial charge on any atom is -0.493 e. The molecule has 0 fully saturated rings. The molecule has 1 heterocycles. The molecule has 0 aliphatic rings. The fraction of sp³-hybridized carbons (Fsp3) is 0.176. The second kappa shape index (κ2) is 6.39. The zero-order valence-corrected chi connectivity index (χ0v) is 13.0. The predicted octanol–water partition coefficient (Wildman–Crippen LogP) is 2.84. The topological polar surface area (TPSA) is 82.3 Å². The summed E-state index contributed by atoms with van der Waals surface area (Å²) in [6, 6.07) is 11.4. The van der Waals surface area contributed by atoms with Crippen LogP contribution in [0.5, 0.6) is 11.5 Å². The molecule has 3 aromatic rings. The van der Waals surface area contributed by atoms with E-state index in [-0.39, 0.29) is 0 Å². The van der Waals surface area contributed by atoms with Crippen molar-refractivity contribution in [3.8, 4) is 11.5 Å². The number of aromatic nitrogens is 2. The Bertz CT molecular complexity index is 836. The van der Waals surface area contributed by atoms with Gasteiger partial charge in [0, 0.05) is 23.7 Å². The van der Waals surface area contributed by atoms with Crippen LogP contribution in [0.15, 0.2) is 42.7 Å². The molecule has 0 saturated carbocycles. The van der Waals surface area contributed by atoms with Gasteiger partial charge in [0.25, 0.3) is 0 Å². The number of ether oxygens (including phenoxy) is 2. The molecule has 0 atom stereocenters. The van der Waals surface area contributed by atoms with Crippen LogP contribution in [0.4, 0.5) is 11.5 Å². The number of fused-ring (bicyclic) bond motifs is 1. The largest absolute Gasteiger partial charge is 0.493 e. The Labute approximate surface area is 134 Å². The minimum absolute atomic E-state index is 0.617. The third-order valence-corrected chi connectivity index (χ3v) is 3.55. The summed E-state index contributed by atoms with van der Waals surface area (Å²) in [5.41, 5.74) is 8.41. The molecule has 2 aromatic carbocycles. The van der Waals surface area contributed by atoms with Crippen molar-refractivity contribution in [1.29, 1.82) is 0 Å². The van der Waals surface area contributed by atoms with Gasteiger partial charge in [-0.15, -0.1) is 0 Å². The van der Waals surface area contributed by atoms with Crippen molar-refractivity contribution >= 4 is 22.4 Å². The Morgan fingerprint density at radius 1 is 1.04 bits per heavy atom. The second-order valence-electron chi connectivity index (χ2n) is 5.05. The molecular weight excluding hydrogens is 292 g/mol. The third-order valence-electron chi connectivity index (χ3n) is 3.55. The lowest BCUT2D eigenvalue weighted by Gasteiger charge is -2.12. The number of anilines is 2. The molecule has 6 nitrogen and oxygen atoms in total. The summed E-state index contributed by atoms with van der Waals surface area (Å²) >= 11 is 0. The van der Waals surface area contributed by atoms with Gasteiger partial charge in [0.2, 0.25) is 0 Å². The van der Waals surface area contributed by atoms with Crippen molar-refractivity contribution in [3.63, 3.8) is 0 Å². The molecular formula is C17H18N4O2. The van der Waals surface area contributed by atoms with E-state index in [1.807, 2.05) is 36.4 Å². The number of rotatable bonds is 5. The Morgan fingerprint density at radius 3 is 2.57 bits per heavy atom. The van der Waals surface area contributed by atoms with Crippen molar-refractivity contribution in [1.82, 2.24) is 9.97 Å². The van der Waals surface area contributed by atoms with E-state index in [2.05, 4.69) is 15.3 Å². The van der Waals surface area contributed by atoms with Gasteiger partial charge in [0.05, 0.1) is 19.7 Å². The highest BCUT2D eigenvalue weighted by Gasteiger charge is 2.10. The van der Waals surface area contributed by atoms with Crippen LogP contribution in [-0.4, -0.2) is 24.2 Å². The lowest BCUT2D eigenvalue weighted by atomic mass is 10.2. The number of benzene rings is 2. The van der Waals surface area contributed by atoms with Gasteiger partial charge in [-0.25, -0.2) is 9.97 Å². The molecule has 0 spiro atoms. The molecule has 0 bridgehead atoms. The van der Waals surface area contributed by atoms with Gasteiger partial charge < -0.3 is 20.5 Å².